The summed E-state index contributed by atoms with van der Waals surface area (Å²) in [6.07, 6.45) is 3.10. The molecule has 0 radical (unpaired) electrons. The van der Waals surface area contributed by atoms with Gasteiger partial charge in [-0.2, -0.15) is 0 Å². The molecule has 1 heterocycles. The molecule has 0 bridgehead atoms. The van der Waals surface area contributed by atoms with Crippen molar-refractivity contribution in [3.05, 3.63) is 36.3 Å². The van der Waals surface area contributed by atoms with Gasteiger partial charge in [0.1, 0.15) is 5.82 Å². The van der Waals surface area contributed by atoms with Crippen LogP contribution in [0.1, 0.15) is 6.42 Å². The molecule has 2 rings (SSSR count). The average molecular weight is 220 g/mol. The van der Waals surface area contributed by atoms with E-state index < -0.39 is 0 Å². The van der Waals surface area contributed by atoms with Gasteiger partial charge in [-0.25, -0.2) is 4.39 Å². The van der Waals surface area contributed by atoms with E-state index in [0.717, 1.165) is 30.4 Å². The fourth-order valence-electron chi connectivity index (χ4n) is 1.91. The average Bonchev–Trinajstić information content (AvgIpc) is 2.60. The van der Waals surface area contributed by atoms with Gasteiger partial charge in [-0.05, 0) is 56.7 Å². The molecule has 1 aromatic heterocycles. The minimum atomic E-state index is -0.167. The fourth-order valence-corrected chi connectivity index (χ4v) is 1.91. The van der Waals surface area contributed by atoms with Gasteiger partial charge >= 0.3 is 0 Å². The lowest BCUT2D eigenvalue weighted by molar-refractivity contribution is 0.388. The van der Waals surface area contributed by atoms with Gasteiger partial charge in [0, 0.05) is 12.7 Å². The van der Waals surface area contributed by atoms with E-state index in [1.165, 1.54) is 6.07 Å². The molecular formula is C13H17FN2. The van der Waals surface area contributed by atoms with Gasteiger partial charge in [0.2, 0.25) is 0 Å². The number of aryl methyl sites for hydroxylation is 1. The SMILES string of the molecule is CN(C)CCCn1ccc2ccc(F)cc21. The number of benzene rings is 1. The van der Waals surface area contributed by atoms with Crippen molar-refractivity contribution in [3.63, 3.8) is 0 Å². The largest absolute Gasteiger partial charge is 0.347 e. The minimum Gasteiger partial charge on any atom is -0.347 e. The van der Waals surface area contributed by atoms with Crippen LogP contribution < -0.4 is 0 Å². The molecule has 0 unspecified atom stereocenters. The lowest BCUT2D eigenvalue weighted by atomic mass is 10.2. The maximum absolute atomic E-state index is 13.1. The van der Waals surface area contributed by atoms with Crippen LogP contribution >= 0.6 is 0 Å². The van der Waals surface area contributed by atoms with E-state index in [1.54, 1.807) is 6.07 Å². The van der Waals surface area contributed by atoms with E-state index in [4.69, 9.17) is 0 Å². The number of aromatic nitrogens is 1. The molecule has 3 heteroatoms. The van der Waals surface area contributed by atoms with Crippen LogP contribution in [0, 0.1) is 5.82 Å². The predicted octanol–water partition coefficient (Wildman–Crippen LogP) is 2.73. The second-order valence-electron chi connectivity index (χ2n) is 4.37. The number of rotatable bonds is 4. The Morgan fingerprint density at radius 2 is 2.06 bits per heavy atom. The van der Waals surface area contributed by atoms with Crippen molar-refractivity contribution < 1.29 is 4.39 Å². The number of hydrogen-bond acceptors (Lipinski definition) is 1. The molecule has 16 heavy (non-hydrogen) atoms. The van der Waals surface area contributed by atoms with Crippen LogP contribution in [0.4, 0.5) is 4.39 Å². The maximum Gasteiger partial charge on any atom is 0.125 e. The third kappa shape index (κ3) is 2.42. The Balaban J connectivity index is 2.15. The van der Waals surface area contributed by atoms with Gasteiger partial charge in [-0.1, -0.05) is 0 Å². The van der Waals surface area contributed by atoms with Crippen molar-refractivity contribution in [2.24, 2.45) is 0 Å². The van der Waals surface area contributed by atoms with Crippen LogP contribution in [0.25, 0.3) is 10.9 Å². The first-order valence-electron chi connectivity index (χ1n) is 5.56. The topological polar surface area (TPSA) is 8.17 Å². The molecular weight excluding hydrogens is 203 g/mol. The highest BCUT2D eigenvalue weighted by Gasteiger charge is 2.02. The van der Waals surface area contributed by atoms with Crippen molar-refractivity contribution in [1.29, 1.82) is 0 Å². The zero-order valence-electron chi connectivity index (χ0n) is 9.78. The molecule has 2 nitrogen and oxygen atoms in total. The summed E-state index contributed by atoms with van der Waals surface area (Å²) in [6.45, 7) is 1.99. The van der Waals surface area contributed by atoms with E-state index in [9.17, 15) is 4.39 Å². The Kier molecular flexibility index (Phi) is 3.25. The summed E-state index contributed by atoms with van der Waals surface area (Å²) >= 11 is 0. The van der Waals surface area contributed by atoms with Gasteiger partial charge in [0.25, 0.3) is 0 Å². The van der Waals surface area contributed by atoms with E-state index in [0.29, 0.717) is 0 Å². The van der Waals surface area contributed by atoms with Crippen LogP contribution in [0.5, 0.6) is 0 Å². The zero-order valence-corrected chi connectivity index (χ0v) is 9.78. The first-order valence-corrected chi connectivity index (χ1v) is 5.56. The van der Waals surface area contributed by atoms with Crippen LogP contribution in [-0.4, -0.2) is 30.1 Å². The molecule has 86 valence electrons. The molecule has 0 saturated carbocycles. The number of fused-ring (bicyclic) bond motifs is 1. The number of hydrogen-bond donors (Lipinski definition) is 0. The molecule has 0 spiro atoms. The van der Waals surface area contributed by atoms with Gasteiger partial charge in [0.05, 0.1) is 5.52 Å². The maximum atomic E-state index is 13.1. The highest BCUT2D eigenvalue weighted by molar-refractivity contribution is 5.80. The van der Waals surface area contributed by atoms with E-state index in [-0.39, 0.29) is 5.82 Å². The molecule has 0 aliphatic heterocycles. The van der Waals surface area contributed by atoms with Crippen LogP contribution in [-0.2, 0) is 6.54 Å². The molecule has 0 fully saturated rings. The monoisotopic (exact) mass is 220 g/mol. The molecule has 0 aliphatic rings. The molecule has 0 saturated heterocycles. The van der Waals surface area contributed by atoms with Gasteiger partial charge in [-0.15, -0.1) is 0 Å². The van der Waals surface area contributed by atoms with E-state index in [2.05, 4.69) is 23.6 Å². The Labute approximate surface area is 95.3 Å². The Morgan fingerprint density at radius 1 is 1.25 bits per heavy atom. The van der Waals surface area contributed by atoms with Crippen molar-refractivity contribution in [1.82, 2.24) is 9.47 Å². The first-order chi connectivity index (χ1) is 7.66. The summed E-state index contributed by atoms with van der Waals surface area (Å²) in [5, 5.41) is 1.10. The molecule has 1 aromatic carbocycles. The smallest absolute Gasteiger partial charge is 0.125 e. The first kappa shape index (κ1) is 11.1. The Bertz CT molecular complexity index is 474. The molecule has 0 aliphatic carbocycles. The van der Waals surface area contributed by atoms with Gasteiger partial charge in [0.15, 0.2) is 0 Å². The number of halogens is 1. The van der Waals surface area contributed by atoms with Crippen LogP contribution in [0.15, 0.2) is 30.5 Å². The summed E-state index contributed by atoms with van der Waals surface area (Å²) in [6, 6.07) is 6.97. The molecule has 2 aromatic rings. The van der Waals surface area contributed by atoms with Crippen molar-refractivity contribution in [2.75, 3.05) is 20.6 Å². The molecule has 0 atom stereocenters. The lowest BCUT2D eigenvalue weighted by Gasteiger charge is -2.10. The molecule has 0 amide bonds. The van der Waals surface area contributed by atoms with Crippen molar-refractivity contribution >= 4 is 10.9 Å². The summed E-state index contributed by atoms with van der Waals surface area (Å²) in [7, 11) is 4.13. The minimum absolute atomic E-state index is 0.167. The summed E-state index contributed by atoms with van der Waals surface area (Å²) in [5.74, 6) is -0.167. The summed E-state index contributed by atoms with van der Waals surface area (Å²) in [4.78, 5) is 2.16. The van der Waals surface area contributed by atoms with E-state index >= 15 is 0 Å². The summed E-state index contributed by atoms with van der Waals surface area (Å²) < 4.78 is 15.2. The van der Waals surface area contributed by atoms with Gasteiger partial charge < -0.3 is 9.47 Å². The van der Waals surface area contributed by atoms with Crippen LogP contribution in [0.3, 0.4) is 0 Å². The quantitative estimate of drug-likeness (QED) is 0.769. The zero-order chi connectivity index (χ0) is 11.5. The van der Waals surface area contributed by atoms with Gasteiger partial charge in [-0.3, -0.25) is 0 Å². The highest BCUT2D eigenvalue weighted by Crippen LogP contribution is 2.17. The number of nitrogens with zero attached hydrogens (tertiary/aromatic N) is 2. The summed E-state index contributed by atoms with van der Waals surface area (Å²) in [5.41, 5.74) is 0.985. The standard InChI is InChI=1S/C13H17FN2/c1-15(2)7-3-8-16-9-6-11-4-5-12(14)10-13(11)16/h4-6,9-10H,3,7-8H2,1-2H3. The predicted molar refractivity (Wildman–Crippen MR) is 65.1 cm³/mol. The second kappa shape index (κ2) is 4.66. The highest BCUT2D eigenvalue weighted by atomic mass is 19.1. The Morgan fingerprint density at radius 3 is 2.81 bits per heavy atom. The van der Waals surface area contributed by atoms with Crippen molar-refractivity contribution in [2.45, 2.75) is 13.0 Å². The van der Waals surface area contributed by atoms with Crippen LogP contribution in [0.2, 0.25) is 0 Å². The normalized spacial score (nSPS) is 11.5. The second-order valence-corrected chi connectivity index (χ2v) is 4.37. The third-order valence-electron chi connectivity index (χ3n) is 2.74. The fraction of sp³-hybridized carbons (Fsp3) is 0.385. The van der Waals surface area contributed by atoms with Crippen molar-refractivity contribution in [3.8, 4) is 0 Å². The third-order valence-corrected chi connectivity index (χ3v) is 2.74. The lowest BCUT2D eigenvalue weighted by Crippen LogP contribution is -2.14. The van der Waals surface area contributed by atoms with E-state index in [1.807, 2.05) is 18.3 Å². The molecule has 0 N–H and O–H groups in total. The Hall–Kier alpha value is -1.35.